The molecule has 1 aliphatic rings. The van der Waals surface area contributed by atoms with Crippen molar-refractivity contribution in [2.24, 2.45) is 0 Å². The molecule has 0 unspecified atom stereocenters. The summed E-state index contributed by atoms with van der Waals surface area (Å²) in [6.07, 6.45) is 2.34. The summed E-state index contributed by atoms with van der Waals surface area (Å²) in [7, 11) is 2.07. The molecule has 0 spiro atoms. The van der Waals surface area contributed by atoms with Gasteiger partial charge in [0.25, 0.3) is 0 Å². The van der Waals surface area contributed by atoms with Crippen molar-refractivity contribution in [1.29, 1.82) is 5.41 Å². The van der Waals surface area contributed by atoms with E-state index in [1.54, 1.807) is 0 Å². The topological polar surface area (TPSA) is 103 Å². The van der Waals surface area contributed by atoms with Crippen LogP contribution in [0.1, 0.15) is 11.1 Å². The van der Waals surface area contributed by atoms with Crippen molar-refractivity contribution >= 4 is 34.3 Å². The Balaban J connectivity index is 1.54. The van der Waals surface area contributed by atoms with Crippen LogP contribution in [0.5, 0.6) is 0 Å². The van der Waals surface area contributed by atoms with Crippen LogP contribution in [-0.2, 0) is 13.0 Å². The Labute approximate surface area is 191 Å². The minimum atomic E-state index is -1.07. The Kier molecular flexibility index (Phi) is 5.18. The van der Waals surface area contributed by atoms with Crippen LogP contribution in [0.3, 0.4) is 0 Å². The normalized spacial score (nSPS) is 13.8. The molecule has 0 radical (unpaired) electrons. The zero-order valence-corrected chi connectivity index (χ0v) is 18.2. The first-order valence-electron chi connectivity index (χ1n) is 10.1. The lowest BCUT2D eigenvalue weighted by Gasteiger charge is -2.25. The first kappa shape index (κ1) is 21.2. The van der Waals surface area contributed by atoms with Gasteiger partial charge in [0.05, 0.1) is 10.4 Å². The van der Waals surface area contributed by atoms with Crippen molar-refractivity contribution in [1.82, 2.24) is 24.4 Å². The van der Waals surface area contributed by atoms with Gasteiger partial charge in [0, 0.05) is 31.0 Å². The van der Waals surface area contributed by atoms with Gasteiger partial charge in [-0.25, -0.2) is 23.1 Å². The molecule has 2 aromatic heterocycles. The molecule has 5 rings (SSSR count). The first-order valence-corrected chi connectivity index (χ1v) is 10.5. The van der Waals surface area contributed by atoms with Gasteiger partial charge in [-0.15, -0.1) is 0 Å². The number of nitrogens with one attached hydrogen (secondary N) is 3. The molecule has 0 saturated heterocycles. The fraction of sp³-hybridized carbons (Fsp3) is 0.182. The highest BCUT2D eigenvalue weighted by molar-refractivity contribution is 6.32. The third-order valence-corrected chi connectivity index (χ3v) is 5.85. The molecule has 0 atom stereocenters. The van der Waals surface area contributed by atoms with Gasteiger partial charge in [0.1, 0.15) is 17.0 Å². The van der Waals surface area contributed by atoms with E-state index in [0.29, 0.717) is 6.07 Å². The number of hydrogen-bond donors (Lipinski definition) is 3. The number of fused-ring (bicyclic) bond motifs is 2. The molecule has 11 heteroatoms. The smallest absolute Gasteiger partial charge is 0.324 e. The lowest BCUT2D eigenvalue weighted by Crippen LogP contribution is -2.35. The van der Waals surface area contributed by atoms with E-state index in [-0.39, 0.29) is 27.5 Å². The molecule has 3 N–H and O–H groups in total. The minimum Gasteiger partial charge on any atom is -0.324 e. The van der Waals surface area contributed by atoms with Gasteiger partial charge in [-0.2, -0.15) is 4.98 Å². The van der Waals surface area contributed by atoms with Gasteiger partial charge >= 0.3 is 5.69 Å². The first-order chi connectivity index (χ1) is 15.8. The lowest BCUT2D eigenvalue weighted by atomic mass is 9.99. The van der Waals surface area contributed by atoms with E-state index >= 15 is 0 Å². The third kappa shape index (κ3) is 3.87. The maximum absolute atomic E-state index is 14.4. The number of aromatic amines is 1. The summed E-state index contributed by atoms with van der Waals surface area (Å²) in [6.45, 7) is 1.87. The van der Waals surface area contributed by atoms with E-state index in [9.17, 15) is 13.6 Å². The van der Waals surface area contributed by atoms with Crippen LogP contribution < -0.4 is 16.5 Å². The number of rotatable bonds is 3. The lowest BCUT2D eigenvalue weighted by molar-refractivity contribution is 0.313. The molecule has 1 aliphatic heterocycles. The number of halogens is 3. The van der Waals surface area contributed by atoms with E-state index in [1.807, 2.05) is 12.1 Å². The van der Waals surface area contributed by atoms with Crippen molar-refractivity contribution in [3.8, 4) is 5.69 Å². The molecule has 2 aromatic carbocycles. The van der Waals surface area contributed by atoms with Crippen molar-refractivity contribution in [2.45, 2.75) is 13.0 Å². The Morgan fingerprint density at radius 1 is 1.21 bits per heavy atom. The molecule has 0 amide bonds. The minimum absolute atomic E-state index is 0.0927. The summed E-state index contributed by atoms with van der Waals surface area (Å²) in [5.41, 5.74) is 1.75. The van der Waals surface area contributed by atoms with Crippen LogP contribution in [0.2, 0.25) is 5.02 Å². The molecular weight excluding hydrogens is 452 g/mol. The number of benzene rings is 2. The molecular formula is C22H18ClF2N7O. The molecule has 0 fully saturated rings. The summed E-state index contributed by atoms with van der Waals surface area (Å²) in [5, 5.41) is 11.3. The van der Waals surface area contributed by atoms with Crippen LogP contribution in [-0.4, -0.2) is 38.0 Å². The van der Waals surface area contributed by atoms with Gasteiger partial charge in [-0.05, 0) is 42.8 Å². The molecule has 168 valence electrons. The average molecular weight is 470 g/mol. The van der Waals surface area contributed by atoms with Crippen LogP contribution in [0.15, 0.2) is 41.3 Å². The largest absolute Gasteiger partial charge is 0.333 e. The van der Waals surface area contributed by atoms with Gasteiger partial charge < -0.3 is 10.2 Å². The standard InChI is InChI=1S/C22H18ClF2N7O/c1-31-5-4-11-2-3-14(6-12(11)10-31)28-21-27-9-15-19(26)32(22(33)30-20(15)29-21)18-16(23)7-13(24)8-17(18)25/h2-3,6-9,26H,4-5,10H2,1H3,(H2,27,28,29,30,33). The Morgan fingerprint density at radius 2 is 2.03 bits per heavy atom. The third-order valence-electron chi connectivity index (χ3n) is 5.57. The molecule has 0 saturated carbocycles. The highest BCUT2D eigenvalue weighted by atomic mass is 35.5. The van der Waals surface area contributed by atoms with E-state index in [1.165, 1.54) is 17.3 Å². The summed E-state index contributed by atoms with van der Waals surface area (Å²) in [6, 6.07) is 7.51. The second-order valence-corrected chi connectivity index (χ2v) is 8.29. The second-order valence-electron chi connectivity index (χ2n) is 7.88. The van der Waals surface area contributed by atoms with Gasteiger partial charge in [-0.3, -0.25) is 10.4 Å². The maximum Gasteiger partial charge on any atom is 0.333 e. The maximum atomic E-state index is 14.4. The van der Waals surface area contributed by atoms with Crippen LogP contribution in [0, 0.1) is 17.0 Å². The Hall–Kier alpha value is -3.63. The summed E-state index contributed by atoms with van der Waals surface area (Å²) >= 11 is 5.96. The molecule has 4 aromatic rings. The number of likely N-dealkylation sites (N-methyl/N-ethyl adjacent to an activating group) is 1. The van der Waals surface area contributed by atoms with E-state index in [0.717, 1.165) is 35.8 Å². The van der Waals surface area contributed by atoms with E-state index in [2.05, 4.69) is 38.3 Å². The number of H-pyrrole nitrogens is 1. The van der Waals surface area contributed by atoms with Crippen molar-refractivity contribution in [3.63, 3.8) is 0 Å². The average Bonchev–Trinajstić information content (AvgIpc) is 2.75. The zero-order valence-electron chi connectivity index (χ0n) is 17.4. The molecule has 3 heterocycles. The zero-order chi connectivity index (χ0) is 23.3. The predicted octanol–water partition coefficient (Wildman–Crippen LogP) is 3.25. The fourth-order valence-corrected chi connectivity index (χ4v) is 4.24. The van der Waals surface area contributed by atoms with Crippen molar-refractivity contribution in [3.05, 3.63) is 80.3 Å². The molecule has 0 bridgehead atoms. The van der Waals surface area contributed by atoms with Crippen molar-refractivity contribution in [2.75, 3.05) is 18.9 Å². The fourth-order valence-electron chi connectivity index (χ4n) is 3.96. The van der Waals surface area contributed by atoms with Crippen molar-refractivity contribution < 1.29 is 8.78 Å². The summed E-state index contributed by atoms with van der Waals surface area (Å²) < 4.78 is 28.5. The van der Waals surface area contributed by atoms with Gasteiger partial charge in [0.2, 0.25) is 5.95 Å². The number of hydrogen-bond acceptors (Lipinski definition) is 6. The highest BCUT2D eigenvalue weighted by Crippen LogP contribution is 2.25. The molecule has 8 nitrogen and oxygen atoms in total. The Morgan fingerprint density at radius 3 is 2.82 bits per heavy atom. The van der Waals surface area contributed by atoms with Crippen LogP contribution in [0.25, 0.3) is 16.7 Å². The number of anilines is 2. The summed E-state index contributed by atoms with van der Waals surface area (Å²) in [4.78, 5) is 26.0. The predicted molar refractivity (Wildman–Crippen MR) is 120 cm³/mol. The van der Waals surface area contributed by atoms with Gasteiger partial charge in [0.15, 0.2) is 11.5 Å². The quantitative estimate of drug-likeness (QED) is 0.427. The second kappa shape index (κ2) is 8.05. The highest BCUT2D eigenvalue weighted by Gasteiger charge is 2.18. The molecule has 33 heavy (non-hydrogen) atoms. The molecule has 0 aliphatic carbocycles. The van der Waals surface area contributed by atoms with Crippen LogP contribution in [0.4, 0.5) is 20.4 Å². The van der Waals surface area contributed by atoms with E-state index in [4.69, 9.17) is 17.0 Å². The number of aromatic nitrogens is 4. The van der Waals surface area contributed by atoms with E-state index < -0.39 is 23.0 Å². The Bertz CT molecular complexity index is 1510. The van der Waals surface area contributed by atoms with Crippen LogP contribution >= 0.6 is 11.6 Å². The summed E-state index contributed by atoms with van der Waals surface area (Å²) in [5.74, 6) is -1.73. The van der Waals surface area contributed by atoms with Gasteiger partial charge in [-0.1, -0.05) is 17.7 Å². The number of nitrogens with zero attached hydrogens (tertiary/aromatic N) is 4. The SMILES string of the molecule is CN1CCc2ccc(Nc3ncc4c(=N)n(-c5c(F)cc(F)cc5Cl)c(=O)[nH]c4n3)cc2C1. The monoisotopic (exact) mass is 469 g/mol.